The molecule has 0 aliphatic heterocycles. The number of hydrogen-bond donors (Lipinski definition) is 1. The minimum atomic E-state index is -1.39. The van der Waals surface area contributed by atoms with Crippen LogP contribution in [0.5, 0.6) is 5.75 Å². The number of para-hydroxylation sites is 1. The fourth-order valence-electron chi connectivity index (χ4n) is 0.758. The molecule has 1 aromatic rings. The average molecular weight is 177 g/mol. The molecule has 0 amide bonds. The predicted molar refractivity (Wildman–Crippen MR) is 46.6 cm³/mol. The number of benzene rings is 1. The van der Waals surface area contributed by atoms with Gasteiger partial charge in [0.25, 0.3) is 0 Å². The summed E-state index contributed by atoms with van der Waals surface area (Å²) < 4.78 is 9.47. The lowest BCUT2D eigenvalue weighted by molar-refractivity contribution is 0.217. The van der Waals surface area contributed by atoms with Crippen LogP contribution in [-0.4, -0.2) is 19.0 Å². The first-order valence-corrected chi connectivity index (χ1v) is 3.71. The largest absolute Gasteiger partial charge is 0.711 e. The Kier molecular flexibility index (Phi) is 3.83. The van der Waals surface area contributed by atoms with Gasteiger partial charge >= 0.3 is 7.32 Å². The van der Waals surface area contributed by atoms with Gasteiger partial charge in [-0.3, -0.25) is 0 Å². The van der Waals surface area contributed by atoms with E-state index in [0.717, 1.165) is 0 Å². The van der Waals surface area contributed by atoms with Crippen LogP contribution >= 0.6 is 0 Å². The van der Waals surface area contributed by atoms with Crippen molar-refractivity contribution in [2.24, 2.45) is 0 Å². The summed E-state index contributed by atoms with van der Waals surface area (Å²) >= 11 is 0. The van der Waals surface area contributed by atoms with Gasteiger partial charge in [0, 0.05) is 0 Å². The molecule has 0 heterocycles. The molecule has 0 aliphatic carbocycles. The number of nitriles is 1. The minimum Gasteiger partial charge on any atom is -0.512 e. The number of nitrogens with zero attached hydrogens (tertiary/aromatic N) is 1. The Hall–Kier alpha value is -1.51. The Morgan fingerprint density at radius 3 is 2.69 bits per heavy atom. The van der Waals surface area contributed by atoms with Gasteiger partial charge in [0.05, 0.1) is 6.07 Å². The Bertz CT molecular complexity index is 285. The van der Waals surface area contributed by atoms with Crippen LogP contribution in [0.3, 0.4) is 0 Å². The Balaban J connectivity index is 2.37. The van der Waals surface area contributed by atoms with Gasteiger partial charge in [0.2, 0.25) is 0 Å². The molecule has 0 spiro atoms. The van der Waals surface area contributed by atoms with E-state index in [9.17, 15) is 0 Å². The van der Waals surface area contributed by atoms with Gasteiger partial charge in [0.1, 0.15) is 12.4 Å². The normalized spacial score (nSPS) is 8.92. The topological polar surface area (TPSA) is 62.5 Å². The maximum absolute atomic E-state index is 9.04. The smallest absolute Gasteiger partial charge is 0.512 e. The van der Waals surface area contributed by atoms with E-state index in [-0.39, 0.29) is 6.61 Å². The van der Waals surface area contributed by atoms with Crippen molar-refractivity contribution in [1.29, 1.82) is 5.26 Å². The van der Waals surface area contributed by atoms with Crippen molar-refractivity contribution in [1.82, 2.24) is 0 Å². The van der Waals surface area contributed by atoms with E-state index < -0.39 is 7.32 Å². The molecule has 4 nitrogen and oxygen atoms in total. The van der Waals surface area contributed by atoms with Crippen molar-refractivity contribution in [2.45, 2.75) is 0 Å². The van der Waals surface area contributed by atoms with Crippen molar-refractivity contribution in [3.05, 3.63) is 30.3 Å². The lowest BCUT2D eigenvalue weighted by atomic mass is 10.2. The first-order chi connectivity index (χ1) is 6.33. The minimum absolute atomic E-state index is 0.200. The van der Waals surface area contributed by atoms with Crippen molar-refractivity contribution in [3.63, 3.8) is 0 Å². The van der Waals surface area contributed by atoms with Gasteiger partial charge in [0.15, 0.2) is 0 Å². The summed E-state index contributed by atoms with van der Waals surface area (Å²) in [4.78, 5) is 0. The summed E-state index contributed by atoms with van der Waals surface area (Å²) in [6.07, 6.45) is 0. The maximum Gasteiger partial charge on any atom is 0.711 e. The van der Waals surface area contributed by atoms with Gasteiger partial charge in [-0.1, -0.05) is 18.2 Å². The number of rotatable bonds is 4. The second-order valence-corrected chi connectivity index (χ2v) is 2.21. The summed E-state index contributed by atoms with van der Waals surface area (Å²) in [6, 6.07) is 10.5. The van der Waals surface area contributed by atoms with E-state index in [1.165, 1.54) is 0 Å². The van der Waals surface area contributed by atoms with Crippen LogP contribution in [0.25, 0.3) is 0 Å². The second-order valence-electron chi connectivity index (χ2n) is 2.21. The molecule has 0 fully saturated rings. The van der Waals surface area contributed by atoms with Crippen LogP contribution in [-0.2, 0) is 4.65 Å². The van der Waals surface area contributed by atoms with Crippen LogP contribution in [0.2, 0.25) is 0 Å². The quantitative estimate of drug-likeness (QED) is 0.683. The molecule has 1 rings (SSSR count). The maximum atomic E-state index is 9.04. The first kappa shape index (κ1) is 9.58. The molecule has 0 saturated heterocycles. The molecule has 0 aromatic heterocycles. The SMILES string of the molecule is N#CCOB(O)Oc1ccccc1. The summed E-state index contributed by atoms with van der Waals surface area (Å²) in [7, 11) is -1.39. The predicted octanol–water partition coefficient (Wildman–Crippen LogP) is 0.583. The zero-order chi connectivity index (χ0) is 9.52. The van der Waals surface area contributed by atoms with E-state index in [0.29, 0.717) is 5.75 Å². The molecule has 1 aromatic carbocycles. The van der Waals surface area contributed by atoms with Crippen LogP contribution < -0.4 is 4.65 Å². The van der Waals surface area contributed by atoms with Gasteiger partial charge in [-0.2, -0.15) is 5.26 Å². The van der Waals surface area contributed by atoms with Crippen molar-refractivity contribution >= 4 is 7.32 Å². The third-order valence-electron chi connectivity index (χ3n) is 1.27. The lowest BCUT2D eigenvalue weighted by Crippen LogP contribution is -2.26. The average Bonchev–Trinajstić information content (AvgIpc) is 2.16. The molecule has 1 N–H and O–H groups in total. The molecule has 13 heavy (non-hydrogen) atoms. The van der Waals surface area contributed by atoms with Crippen molar-refractivity contribution in [2.75, 3.05) is 6.61 Å². The molecule has 0 saturated carbocycles. The molecule has 0 radical (unpaired) electrons. The summed E-state index contributed by atoms with van der Waals surface area (Å²) in [5.41, 5.74) is 0. The highest BCUT2D eigenvalue weighted by molar-refractivity contribution is 6.35. The molecule has 0 bridgehead atoms. The third-order valence-corrected chi connectivity index (χ3v) is 1.27. The zero-order valence-corrected chi connectivity index (χ0v) is 6.88. The Labute approximate surface area is 76.5 Å². The summed E-state index contributed by atoms with van der Waals surface area (Å²) in [5.74, 6) is 0.493. The lowest BCUT2D eigenvalue weighted by Gasteiger charge is -2.06. The van der Waals surface area contributed by atoms with E-state index in [1.807, 2.05) is 6.07 Å². The van der Waals surface area contributed by atoms with Gasteiger partial charge in [-0.25, -0.2) is 0 Å². The van der Waals surface area contributed by atoms with E-state index in [1.54, 1.807) is 30.3 Å². The van der Waals surface area contributed by atoms with Gasteiger partial charge in [-0.15, -0.1) is 0 Å². The second kappa shape index (κ2) is 5.20. The van der Waals surface area contributed by atoms with Crippen molar-refractivity contribution < 1.29 is 14.3 Å². The Morgan fingerprint density at radius 1 is 1.38 bits per heavy atom. The van der Waals surface area contributed by atoms with Crippen LogP contribution in [0.1, 0.15) is 0 Å². The third kappa shape index (κ3) is 3.60. The molecular weight excluding hydrogens is 169 g/mol. The number of hydrogen-bond acceptors (Lipinski definition) is 4. The highest BCUT2D eigenvalue weighted by atomic mass is 16.7. The van der Waals surface area contributed by atoms with E-state index in [4.69, 9.17) is 14.9 Å². The first-order valence-electron chi connectivity index (χ1n) is 3.71. The monoisotopic (exact) mass is 177 g/mol. The molecule has 0 aliphatic rings. The van der Waals surface area contributed by atoms with Crippen LogP contribution in [0.15, 0.2) is 30.3 Å². The molecule has 5 heteroatoms. The zero-order valence-electron chi connectivity index (χ0n) is 6.88. The fourth-order valence-corrected chi connectivity index (χ4v) is 0.758. The van der Waals surface area contributed by atoms with Crippen LogP contribution in [0.4, 0.5) is 0 Å². The summed E-state index contributed by atoms with van der Waals surface area (Å²) in [5, 5.41) is 17.2. The van der Waals surface area contributed by atoms with Crippen molar-refractivity contribution in [3.8, 4) is 11.8 Å². The van der Waals surface area contributed by atoms with Gasteiger partial charge in [-0.05, 0) is 12.1 Å². The molecule has 0 unspecified atom stereocenters. The fraction of sp³-hybridized carbons (Fsp3) is 0.125. The van der Waals surface area contributed by atoms with Gasteiger partial charge < -0.3 is 14.3 Å². The molecule has 0 atom stereocenters. The summed E-state index contributed by atoms with van der Waals surface area (Å²) in [6.45, 7) is -0.200. The Morgan fingerprint density at radius 2 is 2.08 bits per heavy atom. The highest BCUT2D eigenvalue weighted by Crippen LogP contribution is 2.08. The van der Waals surface area contributed by atoms with E-state index >= 15 is 0 Å². The molecule has 66 valence electrons. The molecular formula is C8H8BNO3. The standard InChI is InChI=1S/C8H8BNO3/c10-6-7-12-9(11)13-8-4-2-1-3-5-8/h1-5,11H,7H2. The van der Waals surface area contributed by atoms with Crippen LogP contribution in [0, 0.1) is 11.3 Å². The highest BCUT2D eigenvalue weighted by Gasteiger charge is 2.17. The van der Waals surface area contributed by atoms with E-state index in [2.05, 4.69) is 4.65 Å².